The summed E-state index contributed by atoms with van der Waals surface area (Å²) < 4.78 is 0. The number of hydrogen-bond donors (Lipinski definition) is 1. The number of thiol groups is 1. The van der Waals surface area contributed by atoms with E-state index in [4.69, 9.17) is 7.85 Å². The highest BCUT2D eigenvalue weighted by Crippen LogP contribution is 2.29. The van der Waals surface area contributed by atoms with Crippen LogP contribution in [0.1, 0.15) is 11.1 Å². The minimum absolute atomic E-state index is 0.749. The number of aryl methyl sites for hydroxylation is 2. The second kappa shape index (κ2) is 4.38. The van der Waals surface area contributed by atoms with Gasteiger partial charge >= 0.3 is 0 Å². The van der Waals surface area contributed by atoms with E-state index in [1.165, 1.54) is 16.7 Å². The molecule has 0 atom stereocenters. The Labute approximate surface area is 104 Å². The average Bonchev–Trinajstić information content (AvgIpc) is 2.22. The second-order valence-corrected chi connectivity index (χ2v) is 4.58. The van der Waals surface area contributed by atoms with Gasteiger partial charge in [-0.2, -0.15) is 0 Å². The van der Waals surface area contributed by atoms with Crippen LogP contribution in [-0.2, 0) is 0 Å². The minimum Gasteiger partial charge on any atom is -0.143 e. The van der Waals surface area contributed by atoms with Crippen molar-refractivity contribution >= 4 is 25.9 Å². The summed E-state index contributed by atoms with van der Waals surface area (Å²) in [6.07, 6.45) is 0. The zero-order valence-corrected chi connectivity index (χ0v) is 10.4. The van der Waals surface area contributed by atoms with E-state index >= 15 is 0 Å². The first kappa shape index (κ1) is 11.3. The molecule has 0 spiro atoms. The molecule has 16 heavy (non-hydrogen) atoms. The van der Waals surface area contributed by atoms with Gasteiger partial charge < -0.3 is 0 Å². The van der Waals surface area contributed by atoms with Gasteiger partial charge in [-0.1, -0.05) is 47.4 Å². The van der Waals surface area contributed by atoms with Crippen LogP contribution in [0.4, 0.5) is 0 Å². The smallest absolute Gasteiger partial charge is 0.113 e. The molecule has 0 aromatic heterocycles. The summed E-state index contributed by atoms with van der Waals surface area (Å²) in [7, 11) is 5.72. The van der Waals surface area contributed by atoms with E-state index in [-0.39, 0.29) is 0 Å². The van der Waals surface area contributed by atoms with Gasteiger partial charge in [-0.25, -0.2) is 0 Å². The quantitative estimate of drug-likeness (QED) is 0.558. The molecule has 0 bridgehead atoms. The first-order chi connectivity index (χ1) is 7.58. The summed E-state index contributed by atoms with van der Waals surface area (Å²) in [6, 6.07) is 12.3. The lowest BCUT2D eigenvalue weighted by atomic mass is 9.92. The second-order valence-electron chi connectivity index (χ2n) is 4.09. The Morgan fingerprint density at radius 1 is 0.938 bits per heavy atom. The van der Waals surface area contributed by atoms with Crippen molar-refractivity contribution in [2.45, 2.75) is 18.7 Å². The Morgan fingerprint density at radius 2 is 1.69 bits per heavy atom. The zero-order chi connectivity index (χ0) is 11.7. The molecule has 0 aliphatic carbocycles. The van der Waals surface area contributed by atoms with Crippen LogP contribution in [0.5, 0.6) is 0 Å². The van der Waals surface area contributed by atoms with Gasteiger partial charge in [0.2, 0.25) is 0 Å². The Balaban J connectivity index is 2.62. The molecule has 2 radical (unpaired) electrons. The highest BCUT2D eigenvalue weighted by molar-refractivity contribution is 7.80. The van der Waals surface area contributed by atoms with Crippen LogP contribution >= 0.6 is 12.6 Å². The van der Waals surface area contributed by atoms with Gasteiger partial charge in [0.1, 0.15) is 7.85 Å². The minimum atomic E-state index is 0.749. The van der Waals surface area contributed by atoms with Crippen LogP contribution in [0.15, 0.2) is 41.3 Å². The lowest BCUT2D eigenvalue weighted by molar-refractivity contribution is 1.37. The normalized spacial score (nSPS) is 10.4. The Morgan fingerprint density at radius 3 is 2.38 bits per heavy atom. The summed E-state index contributed by atoms with van der Waals surface area (Å²) >= 11 is 4.48. The van der Waals surface area contributed by atoms with Crippen molar-refractivity contribution < 1.29 is 0 Å². The molecule has 0 fully saturated rings. The molecule has 0 saturated heterocycles. The molecule has 78 valence electrons. The van der Waals surface area contributed by atoms with E-state index in [1.54, 1.807) is 0 Å². The predicted molar refractivity (Wildman–Crippen MR) is 74.0 cm³/mol. The highest BCUT2D eigenvalue weighted by Gasteiger charge is 2.05. The SMILES string of the molecule is [B]c1ccc(-c2cc(C)ccc2C)c(S)c1. The lowest BCUT2D eigenvalue weighted by Gasteiger charge is -2.10. The van der Waals surface area contributed by atoms with Gasteiger partial charge in [0.25, 0.3) is 0 Å². The van der Waals surface area contributed by atoms with Gasteiger partial charge in [-0.3, -0.25) is 0 Å². The predicted octanol–water partition coefficient (Wildman–Crippen LogP) is 3.05. The molecular formula is C14H13BS. The van der Waals surface area contributed by atoms with Gasteiger partial charge in [-0.05, 0) is 30.5 Å². The molecule has 2 rings (SSSR count). The summed E-state index contributed by atoms with van der Waals surface area (Å²) in [5, 5.41) is 0. The topological polar surface area (TPSA) is 0 Å². The molecule has 0 heterocycles. The fourth-order valence-corrected chi connectivity index (χ4v) is 2.15. The summed E-state index contributed by atoms with van der Waals surface area (Å²) in [6.45, 7) is 4.21. The molecule has 0 N–H and O–H groups in total. The number of hydrogen-bond acceptors (Lipinski definition) is 1. The molecule has 0 unspecified atom stereocenters. The average molecular weight is 224 g/mol. The molecule has 2 aromatic rings. The Kier molecular flexibility index (Phi) is 3.11. The molecule has 0 nitrogen and oxygen atoms in total. The highest BCUT2D eigenvalue weighted by atomic mass is 32.1. The summed E-state index contributed by atoms with van der Waals surface area (Å²) in [4.78, 5) is 0.925. The van der Waals surface area contributed by atoms with E-state index in [9.17, 15) is 0 Å². The molecule has 2 heteroatoms. The summed E-state index contributed by atoms with van der Waals surface area (Å²) in [5.41, 5.74) is 5.62. The summed E-state index contributed by atoms with van der Waals surface area (Å²) in [5.74, 6) is 0. The maximum absolute atomic E-state index is 5.72. The van der Waals surface area contributed by atoms with Crippen LogP contribution in [0.2, 0.25) is 0 Å². The number of benzene rings is 2. The Bertz CT molecular complexity index is 532. The third kappa shape index (κ3) is 2.17. The largest absolute Gasteiger partial charge is 0.143 e. The van der Waals surface area contributed by atoms with E-state index in [0.29, 0.717) is 0 Å². The van der Waals surface area contributed by atoms with Crippen molar-refractivity contribution in [1.29, 1.82) is 0 Å². The van der Waals surface area contributed by atoms with Crippen LogP contribution in [0.3, 0.4) is 0 Å². The van der Waals surface area contributed by atoms with Crippen LogP contribution in [0.25, 0.3) is 11.1 Å². The molecule has 0 saturated carbocycles. The van der Waals surface area contributed by atoms with E-state index < -0.39 is 0 Å². The lowest BCUT2D eigenvalue weighted by Crippen LogP contribution is -2.01. The fourth-order valence-electron chi connectivity index (χ4n) is 1.80. The van der Waals surface area contributed by atoms with Crippen LogP contribution in [0, 0.1) is 13.8 Å². The van der Waals surface area contributed by atoms with E-state index in [2.05, 4.69) is 44.7 Å². The third-order valence-electron chi connectivity index (χ3n) is 2.71. The maximum atomic E-state index is 5.72. The molecule has 2 aromatic carbocycles. The van der Waals surface area contributed by atoms with Gasteiger partial charge in [0.05, 0.1) is 0 Å². The van der Waals surface area contributed by atoms with Crippen molar-refractivity contribution in [3.63, 3.8) is 0 Å². The van der Waals surface area contributed by atoms with Crippen LogP contribution in [-0.4, -0.2) is 7.85 Å². The fraction of sp³-hybridized carbons (Fsp3) is 0.143. The van der Waals surface area contributed by atoms with E-state index in [1.807, 2.05) is 18.2 Å². The molecule has 0 aliphatic heterocycles. The van der Waals surface area contributed by atoms with Crippen molar-refractivity contribution in [1.82, 2.24) is 0 Å². The third-order valence-corrected chi connectivity index (χ3v) is 3.08. The van der Waals surface area contributed by atoms with Crippen LogP contribution < -0.4 is 5.46 Å². The Hall–Kier alpha value is -1.15. The first-order valence-electron chi connectivity index (χ1n) is 5.24. The van der Waals surface area contributed by atoms with Crippen molar-refractivity contribution in [2.75, 3.05) is 0 Å². The van der Waals surface area contributed by atoms with Gasteiger partial charge in [-0.15, -0.1) is 12.6 Å². The standard InChI is InChI=1S/C14H13BS/c1-9-3-4-10(2)13(7-9)12-6-5-11(15)8-14(12)16/h3-8,16H,1-2H3. The monoisotopic (exact) mass is 224 g/mol. The van der Waals surface area contributed by atoms with Gasteiger partial charge in [0, 0.05) is 4.90 Å². The van der Waals surface area contributed by atoms with E-state index in [0.717, 1.165) is 15.9 Å². The molecule has 0 aliphatic rings. The first-order valence-corrected chi connectivity index (χ1v) is 5.69. The van der Waals surface area contributed by atoms with Crippen molar-refractivity contribution in [3.05, 3.63) is 47.5 Å². The van der Waals surface area contributed by atoms with Gasteiger partial charge in [0.15, 0.2) is 0 Å². The number of rotatable bonds is 1. The van der Waals surface area contributed by atoms with Crippen molar-refractivity contribution in [2.24, 2.45) is 0 Å². The maximum Gasteiger partial charge on any atom is 0.113 e. The molecule has 0 amide bonds. The zero-order valence-electron chi connectivity index (χ0n) is 9.49. The van der Waals surface area contributed by atoms with Crippen molar-refractivity contribution in [3.8, 4) is 11.1 Å². The molecular weight excluding hydrogens is 211 g/mol.